The summed E-state index contributed by atoms with van der Waals surface area (Å²) in [6, 6.07) is 23.5. The molecule has 3 aromatic carbocycles. The number of carbonyl (C=O) groups is 2. The minimum atomic E-state index is -0.0915. The van der Waals surface area contributed by atoms with Crippen LogP contribution in [-0.4, -0.2) is 35.4 Å². The zero-order valence-corrected chi connectivity index (χ0v) is 21.9. The van der Waals surface area contributed by atoms with E-state index in [2.05, 4.69) is 22.3 Å². The molecular formula is C30H28N4O2S. The van der Waals surface area contributed by atoms with E-state index in [1.165, 1.54) is 11.8 Å². The summed E-state index contributed by atoms with van der Waals surface area (Å²) in [6.07, 6.45) is 4.04. The summed E-state index contributed by atoms with van der Waals surface area (Å²) < 4.78 is 0. The number of rotatable bonds is 6. The lowest BCUT2D eigenvalue weighted by atomic mass is 10.1. The number of hydrogen-bond donors (Lipinski definition) is 1. The number of hydrogen-bond acceptors (Lipinski definition) is 6. The SMILES string of the molecule is CCNc1ccc(C(C)=O)cc1N=C1SC(=C2C=Cc3ccccc3N2C)C(=O)N1Cc1ccccc1. The molecule has 3 aromatic rings. The van der Waals surface area contributed by atoms with E-state index in [1.807, 2.05) is 74.7 Å². The second kappa shape index (κ2) is 10.5. The summed E-state index contributed by atoms with van der Waals surface area (Å²) in [7, 11) is 1.98. The number of para-hydroxylation sites is 1. The topological polar surface area (TPSA) is 65.0 Å². The first kappa shape index (κ1) is 24.6. The van der Waals surface area contributed by atoms with E-state index < -0.39 is 0 Å². The number of aliphatic imine (C=N–C) groups is 1. The molecule has 7 heteroatoms. The van der Waals surface area contributed by atoms with Crippen LogP contribution in [0.2, 0.25) is 0 Å². The number of carbonyl (C=O) groups excluding carboxylic acids is 2. The first-order chi connectivity index (χ1) is 18.0. The Morgan fingerprint density at radius 2 is 1.76 bits per heavy atom. The van der Waals surface area contributed by atoms with Crippen molar-refractivity contribution in [2.75, 3.05) is 23.8 Å². The Bertz CT molecular complexity index is 1460. The number of Topliss-reactive ketones (excluding diaryl/α,β-unsaturated/α-hetero) is 1. The Labute approximate surface area is 221 Å². The van der Waals surface area contributed by atoms with Gasteiger partial charge in [0.1, 0.15) is 4.91 Å². The van der Waals surface area contributed by atoms with Gasteiger partial charge in [-0.2, -0.15) is 0 Å². The smallest absolute Gasteiger partial charge is 0.269 e. The van der Waals surface area contributed by atoms with Crippen LogP contribution in [0.5, 0.6) is 0 Å². The molecule has 2 aliphatic heterocycles. The first-order valence-corrected chi connectivity index (χ1v) is 13.0. The monoisotopic (exact) mass is 508 g/mol. The molecule has 1 N–H and O–H groups in total. The number of anilines is 2. The third-order valence-corrected chi connectivity index (χ3v) is 7.43. The number of nitrogens with one attached hydrogen (secondary N) is 1. The van der Waals surface area contributed by atoms with Crippen LogP contribution in [0.25, 0.3) is 6.08 Å². The zero-order chi connectivity index (χ0) is 25.9. The third-order valence-electron chi connectivity index (χ3n) is 6.35. The molecule has 1 saturated heterocycles. The van der Waals surface area contributed by atoms with Crippen molar-refractivity contribution in [2.24, 2.45) is 4.99 Å². The van der Waals surface area contributed by atoms with E-state index in [0.717, 1.165) is 28.2 Å². The predicted octanol–water partition coefficient (Wildman–Crippen LogP) is 6.46. The highest BCUT2D eigenvalue weighted by Crippen LogP contribution is 2.41. The molecule has 0 aliphatic carbocycles. The Morgan fingerprint density at radius 1 is 1.00 bits per heavy atom. The highest BCUT2D eigenvalue weighted by Gasteiger charge is 2.37. The van der Waals surface area contributed by atoms with Gasteiger partial charge in [-0.3, -0.25) is 14.5 Å². The minimum Gasteiger partial charge on any atom is -0.384 e. The number of ketones is 1. The third kappa shape index (κ3) is 4.95. The standard InChI is InChI=1S/C30H28N4O2S/c1-4-31-24-16-14-23(20(2)35)18-25(24)32-30-34(19-21-10-6-5-7-11-21)29(36)28(37-30)27-17-15-22-12-8-9-13-26(22)33(27)3/h5-18,31H,4,19H2,1-3H3. The number of fused-ring (bicyclic) bond motifs is 1. The Hall–Kier alpha value is -4.10. The lowest BCUT2D eigenvalue weighted by molar-refractivity contribution is -0.122. The average Bonchev–Trinajstić information content (AvgIpc) is 3.20. The van der Waals surface area contributed by atoms with Gasteiger partial charge in [-0.1, -0.05) is 54.6 Å². The summed E-state index contributed by atoms with van der Waals surface area (Å²) in [5.74, 6) is -0.123. The fourth-order valence-corrected chi connectivity index (χ4v) is 5.50. The molecule has 0 unspecified atom stereocenters. The Balaban J connectivity index is 1.61. The minimum absolute atomic E-state index is 0.0313. The van der Waals surface area contributed by atoms with Gasteiger partial charge >= 0.3 is 0 Å². The van der Waals surface area contributed by atoms with E-state index in [9.17, 15) is 9.59 Å². The normalized spacial score (nSPS) is 17.9. The second-order valence-corrected chi connectivity index (χ2v) is 9.83. The zero-order valence-electron chi connectivity index (χ0n) is 21.1. The molecular weight excluding hydrogens is 480 g/mol. The van der Waals surface area contributed by atoms with Crippen molar-refractivity contribution in [3.63, 3.8) is 0 Å². The molecule has 2 heterocycles. The molecule has 0 bridgehead atoms. The van der Waals surface area contributed by atoms with Crippen LogP contribution in [-0.2, 0) is 11.3 Å². The van der Waals surface area contributed by atoms with Crippen LogP contribution in [0.4, 0.5) is 17.1 Å². The lowest BCUT2D eigenvalue weighted by Gasteiger charge is -2.27. The van der Waals surface area contributed by atoms with Gasteiger partial charge in [0.05, 0.1) is 23.6 Å². The van der Waals surface area contributed by atoms with Crippen LogP contribution in [0, 0.1) is 0 Å². The predicted molar refractivity (Wildman–Crippen MR) is 153 cm³/mol. The Kier molecular flexibility index (Phi) is 6.97. The van der Waals surface area contributed by atoms with Gasteiger partial charge in [0.25, 0.3) is 5.91 Å². The molecule has 5 rings (SSSR count). The maximum absolute atomic E-state index is 13.9. The van der Waals surface area contributed by atoms with Gasteiger partial charge < -0.3 is 10.2 Å². The quantitative estimate of drug-likeness (QED) is 0.306. The number of amidine groups is 1. The number of amides is 1. The first-order valence-electron chi connectivity index (χ1n) is 12.2. The molecule has 6 nitrogen and oxygen atoms in total. The van der Waals surface area contributed by atoms with Crippen molar-refractivity contribution in [1.82, 2.24) is 4.90 Å². The maximum atomic E-state index is 13.9. The molecule has 0 atom stereocenters. The Morgan fingerprint density at radius 3 is 2.51 bits per heavy atom. The average molecular weight is 509 g/mol. The fourth-order valence-electron chi connectivity index (χ4n) is 4.41. The number of allylic oxidation sites excluding steroid dienone is 1. The van der Waals surface area contributed by atoms with Crippen LogP contribution in [0.1, 0.15) is 35.3 Å². The summed E-state index contributed by atoms with van der Waals surface area (Å²) in [5.41, 5.74) is 6.03. The fraction of sp³-hybridized carbons (Fsp3) is 0.167. The summed E-state index contributed by atoms with van der Waals surface area (Å²) >= 11 is 1.37. The van der Waals surface area contributed by atoms with Gasteiger partial charge in [0.15, 0.2) is 11.0 Å². The number of benzene rings is 3. The van der Waals surface area contributed by atoms with Gasteiger partial charge in [-0.15, -0.1) is 0 Å². The van der Waals surface area contributed by atoms with Crippen molar-refractivity contribution >= 4 is 51.8 Å². The van der Waals surface area contributed by atoms with Crippen molar-refractivity contribution < 1.29 is 9.59 Å². The van der Waals surface area contributed by atoms with Gasteiger partial charge in [0.2, 0.25) is 0 Å². The largest absolute Gasteiger partial charge is 0.384 e. The molecule has 0 radical (unpaired) electrons. The van der Waals surface area contributed by atoms with E-state index in [1.54, 1.807) is 24.0 Å². The molecule has 37 heavy (non-hydrogen) atoms. The number of nitrogens with zero attached hydrogens (tertiary/aromatic N) is 3. The van der Waals surface area contributed by atoms with E-state index in [4.69, 9.17) is 4.99 Å². The summed E-state index contributed by atoms with van der Waals surface area (Å²) in [5, 5.41) is 3.90. The van der Waals surface area contributed by atoms with Crippen molar-refractivity contribution in [2.45, 2.75) is 20.4 Å². The van der Waals surface area contributed by atoms with Crippen LogP contribution in [0.3, 0.4) is 0 Å². The number of likely N-dealkylation sites (N-methyl/N-ethyl adjacent to an activating group) is 1. The van der Waals surface area contributed by atoms with Gasteiger partial charge in [0, 0.05) is 24.8 Å². The molecule has 0 aromatic heterocycles. The van der Waals surface area contributed by atoms with Crippen LogP contribution >= 0.6 is 11.8 Å². The molecule has 0 spiro atoms. The van der Waals surface area contributed by atoms with E-state index >= 15 is 0 Å². The molecule has 1 fully saturated rings. The molecule has 1 amide bonds. The molecule has 186 valence electrons. The van der Waals surface area contributed by atoms with Crippen LogP contribution in [0.15, 0.2) is 94.5 Å². The van der Waals surface area contributed by atoms with Gasteiger partial charge in [-0.25, -0.2) is 4.99 Å². The summed E-state index contributed by atoms with van der Waals surface area (Å²) in [4.78, 5) is 35.3. The highest BCUT2D eigenvalue weighted by atomic mass is 32.2. The molecule has 0 saturated carbocycles. The maximum Gasteiger partial charge on any atom is 0.269 e. The van der Waals surface area contributed by atoms with E-state index in [-0.39, 0.29) is 11.7 Å². The number of thioether (sulfide) groups is 1. The van der Waals surface area contributed by atoms with Crippen LogP contribution < -0.4 is 10.2 Å². The van der Waals surface area contributed by atoms with Gasteiger partial charge in [-0.05, 0) is 67.1 Å². The van der Waals surface area contributed by atoms with Crippen molar-refractivity contribution in [3.05, 3.63) is 106 Å². The lowest BCUT2D eigenvalue weighted by Crippen LogP contribution is -2.29. The highest BCUT2D eigenvalue weighted by molar-refractivity contribution is 8.18. The van der Waals surface area contributed by atoms with E-state index in [0.29, 0.717) is 34.4 Å². The van der Waals surface area contributed by atoms with Crippen molar-refractivity contribution in [1.29, 1.82) is 0 Å². The second-order valence-electron chi connectivity index (χ2n) is 8.86. The summed E-state index contributed by atoms with van der Waals surface area (Å²) in [6.45, 7) is 4.66. The molecule has 2 aliphatic rings. The van der Waals surface area contributed by atoms with Crippen molar-refractivity contribution in [3.8, 4) is 0 Å².